The van der Waals surface area contributed by atoms with E-state index in [1.54, 1.807) is 0 Å². The lowest BCUT2D eigenvalue weighted by Gasteiger charge is -2.24. The second-order valence-electron chi connectivity index (χ2n) is 2.89. The zero-order chi connectivity index (χ0) is 9.61. The van der Waals surface area contributed by atoms with Gasteiger partial charge < -0.3 is 5.11 Å². The van der Waals surface area contributed by atoms with Crippen LogP contribution >= 0.6 is 0 Å². The molecule has 0 aromatic carbocycles. The molecule has 0 radical (unpaired) electrons. The first kappa shape index (κ1) is 11.4. The predicted molar refractivity (Wildman–Crippen MR) is 43.9 cm³/mol. The molecule has 1 nitrogen and oxygen atoms in total. The third-order valence-electron chi connectivity index (χ3n) is 1.78. The van der Waals surface area contributed by atoms with Gasteiger partial charge in [-0.1, -0.05) is 19.8 Å². The van der Waals surface area contributed by atoms with Gasteiger partial charge in [0.2, 0.25) is 0 Å². The first-order chi connectivity index (χ1) is 5.56. The van der Waals surface area contributed by atoms with Crippen molar-refractivity contribution in [3.05, 3.63) is 0 Å². The van der Waals surface area contributed by atoms with Gasteiger partial charge in [0.1, 0.15) is 5.60 Å². The largest absolute Gasteiger partial charge is 0.383 e. The summed E-state index contributed by atoms with van der Waals surface area (Å²) in [7, 11) is 0. The minimum absolute atomic E-state index is 0.0748. The molecule has 3 heteroatoms. The molecule has 0 saturated heterocycles. The number of aliphatic hydroxyl groups is 1. The summed E-state index contributed by atoms with van der Waals surface area (Å²) in [6, 6.07) is 0. The summed E-state index contributed by atoms with van der Waals surface area (Å²) in [6.45, 7) is 1.88. The molecule has 0 bridgehead atoms. The number of unbranched alkanes of at least 4 members (excludes halogenated alkanes) is 1. The molecule has 0 amide bonds. The van der Waals surface area contributed by atoms with Crippen molar-refractivity contribution in [1.82, 2.24) is 0 Å². The lowest BCUT2D eigenvalue weighted by atomic mass is 9.94. The van der Waals surface area contributed by atoms with E-state index in [0.717, 1.165) is 6.42 Å². The van der Waals surface area contributed by atoms with Crippen LogP contribution in [0.25, 0.3) is 0 Å². The predicted octanol–water partition coefficient (Wildman–Crippen LogP) is 2.20. The molecule has 0 aliphatic rings. The Labute approximate surface area is 71.8 Å². The Morgan fingerprint density at radius 3 is 2.50 bits per heavy atom. The van der Waals surface area contributed by atoms with Gasteiger partial charge in [-0.3, -0.25) is 0 Å². The summed E-state index contributed by atoms with van der Waals surface area (Å²) < 4.78 is 24.5. The number of rotatable bonds is 5. The molecular formula is C9H14F2O. The molecule has 0 fully saturated rings. The van der Waals surface area contributed by atoms with Gasteiger partial charge in [0.25, 0.3) is 6.43 Å². The number of halogens is 2. The highest BCUT2D eigenvalue weighted by Crippen LogP contribution is 2.25. The van der Waals surface area contributed by atoms with Crippen LogP contribution in [0.4, 0.5) is 8.78 Å². The van der Waals surface area contributed by atoms with E-state index in [0.29, 0.717) is 6.42 Å². The van der Waals surface area contributed by atoms with Crippen LogP contribution in [-0.4, -0.2) is 17.1 Å². The van der Waals surface area contributed by atoms with Crippen LogP contribution in [-0.2, 0) is 0 Å². The quantitative estimate of drug-likeness (QED) is 0.637. The smallest absolute Gasteiger partial charge is 0.267 e. The Hall–Kier alpha value is -0.620. The molecule has 1 atom stereocenters. The van der Waals surface area contributed by atoms with Gasteiger partial charge in [0.15, 0.2) is 0 Å². The molecule has 0 spiro atoms. The van der Waals surface area contributed by atoms with Gasteiger partial charge in [-0.2, -0.15) is 0 Å². The molecule has 0 aromatic heterocycles. The van der Waals surface area contributed by atoms with E-state index >= 15 is 0 Å². The second-order valence-corrected chi connectivity index (χ2v) is 2.89. The maximum Gasteiger partial charge on any atom is 0.267 e. The topological polar surface area (TPSA) is 20.2 Å². The fourth-order valence-electron chi connectivity index (χ4n) is 0.934. The molecule has 0 saturated carbocycles. The van der Waals surface area contributed by atoms with E-state index in [1.807, 2.05) is 6.92 Å². The van der Waals surface area contributed by atoms with E-state index in [4.69, 9.17) is 6.42 Å². The number of terminal acetylenes is 1. The summed E-state index contributed by atoms with van der Waals surface area (Å²) in [5, 5.41) is 9.33. The molecule has 70 valence electrons. The number of hydrogen-bond donors (Lipinski definition) is 1. The third-order valence-corrected chi connectivity index (χ3v) is 1.78. The highest BCUT2D eigenvalue weighted by molar-refractivity contribution is 4.96. The zero-order valence-electron chi connectivity index (χ0n) is 7.19. The van der Waals surface area contributed by atoms with Crippen LogP contribution in [0.1, 0.15) is 32.6 Å². The Kier molecular flexibility index (Phi) is 4.84. The second kappa shape index (κ2) is 5.10. The van der Waals surface area contributed by atoms with Gasteiger partial charge >= 0.3 is 0 Å². The van der Waals surface area contributed by atoms with E-state index in [2.05, 4.69) is 5.92 Å². The van der Waals surface area contributed by atoms with Crippen molar-refractivity contribution in [3.8, 4) is 12.3 Å². The Morgan fingerprint density at radius 2 is 2.17 bits per heavy atom. The number of hydrogen-bond acceptors (Lipinski definition) is 1. The minimum atomic E-state index is -2.75. The van der Waals surface area contributed by atoms with Crippen LogP contribution < -0.4 is 0 Å². The maximum atomic E-state index is 12.2. The molecule has 0 aromatic rings. The van der Waals surface area contributed by atoms with Gasteiger partial charge in [-0.15, -0.1) is 12.3 Å². The summed E-state index contributed by atoms with van der Waals surface area (Å²) in [6.07, 6.45) is 3.28. The van der Waals surface area contributed by atoms with E-state index < -0.39 is 12.0 Å². The zero-order valence-corrected chi connectivity index (χ0v) is 7.19. The Bertz CT molecular complexity index is 162. The van der Waals surface area contributed by atoms with Crippen LogP contribution in [0.15, 0.2) is 0 Å². The van der Waals surface area contributed by atoms with Crippen molar-refractivity contribution in [2.24, 2.45) is 0 Å². The van der Waals surface area contributed by atoms with Crippen LogP contribution in [0.3, 0.4) is 0 Å². The molecule has 12 heavy (non-hydrogen) atoms. The summed E-state index contributed by atoms with van der Waals surface area (Å²) in [4.78, 5) is 0. The van der Waals surface area contributed by atoms with Gasteiger partial charge in [-0.05, 0) is 6.42 Å². The maximum absolute atomic E-state index is 12.2. The lowest BCUT2D eigenvalue weighted by molar-refractivity contribution is -0.0982. The standard InChI is InChI=1S/C9H14F2O/c1-3-5-7-9(12,6-4-2)8(10)11/h2,8,12H,3,5-7H2,1H3. The highest BCUT2D eigenvalue weighted by atomic mass is 19.3. The van der Waals surface area contributed by atoms with Crippen molar-refractivity contribution in [2.45, 2.75) is 44.6 Å². The molecular weight excluding hydrogens is 162 g/mol. The average molecular weight is 176 g/mol. The van der Waals surface area contributed by atoms with Crippen molar-refractivity contribution in [3.63, 3.8) is 0 Å². The first-order valence-corrected chi connectivity index (χ1v) is 4.01. The van der Waals surface area contributed by atoms with E-state index in [-0.39, 0.29) is 12.8 Å². The van der Waals surface area contributed by atoms with Crippen LogP contribution in [0.5, 0.6) is 0 Å². The van der Waals surface area contributed by atoms with E-state index in [9.17, 15) is 13.9 Å². The first-order valence-electron chi connectivity index (χ1n) is 4.01. The fourth-order valence-corrected chi connectivity index (χ4v) is 0.934. The Balaban J connectivity index is 4.10. The van der Waals surface area contributed by atoms with E-state index in [1.165, 1.54) is 0 Å². The van der Waals surface area contributed by atoms with Crippen molar-refractivity contribution < 1.29 is 13.9 Å². The SMILES string of the molecule is C#CCC(O)(CCCC)C(F)F. The molecule has 0 aliphatic heterocycles. The summed E-state index contributed by atoms with van der Waals surface area (Å²) in [5.74, 6) is 2.07. The average Bonchev–Trinajstić information content (AvgIpc) is 2.01. The van der Waals surface area contributed by atoms with Gasteiger partial charge in [-0.25, -0.2) is 8.78 Å². The third kappa shape index (κ3) is 3.19. The molecule has 1 unspecified atom stereocenters. The van der Waals surface area contributed by atoms with Crippen molar-refractivity contribution in [2.75, 3.05) is 0 Å². The molecule has 0 aliphatic carbocycles. The fraction of sp³-hybridized carbons (Fsp3) is 0.778. The lowest BCUT2D eigenvalue weighted by Crippen LogP contribution is -2.36. The highest BCUT2D eigenvalue weighted by Gasteiger charge is 2.35. The molecule has 0 rings (SSSR count). The van der Waals surface area contributed by atoms with Crippen LogP contribution in [0, 0.1) is 12.3 Å². The normalized spacial score (nSPS) is 15.7. The molecule has 0 heterocycles. The monoisotopic (exact) mass is 176 g/mol. The summed E-state index contributed by atoms with van der Waals surface area (Å²) >= 11 is 0. The van der Waals surface area contributed by atoms with Gasteiger partial charge in [0.05, 0.1) is 0 Å². The van der Waals surface area contributed by atoms with Crippen molar-refractivity contribution >= 4 is 0 Å². The van der Waals surface area contributed by atoms with Crippen molar-refractivity contribution in [1.29, 1.82) is 0 Å². The minimum Gasteiger partial charge on any atom is -0.383 e. The molecule has 1 N–H and O–H groups in total. The Morgan fingerprint density at radius 1 is 1.58 bits per heavy atom. The summed E-state index contributed by atoms with van der Waals surface area (Å²) in [5.41, 5.74) is -1.97. The van der Waals surface area contributed by atoms with Crippen LogP contribution in [0.2, 0.25) is 0 Å². The van der Waals surface area contributed by atoms with Gasteiger partial charge in [0, 0.05) is 6.42 Å². The number of alkyl halides is 2.